The second-order valence-corrected chi connectivity index (χ2v) is 12.6. The molecule has 214 valence electrons. The van der Waals surface area contributed by atoms with Crippen molar-refractivity contribution in [2.24, 2.45) is 5.41 Å². The summed E-state index contributed by atoms with van der Waals surface area (Å²) in [6.07, 6.45) is 0.436. The summed E-state index contributed by atoms with van der Waals surface area (Å²) in [6, 6.07) is 16.5. The third-order valence-corrected chi connectivity index (χ3v) is 8.17. The zero-order valence-corrected chi connectivity index (χ0v) is 24.4. The second-order valence-electron chi connectivity index (χ2n) is 11.7. The van der Waals surface area contributed by atoms with Crippen LogP contribution in [0.5, 0.6) is 0 Å². The highest BCUT2D eigenvalue weighted by molar-refractivity contribution is 6.31. The van der Waals surface area contributed by atoms with E-state index in [4.69, 9.17) is 28.3 Å². The fourth-order valence-electron chi connectivity index (χ4n) is 5.88. The molecule has 1 saturated heterocycles. The van der Waals surface area contributed by atoms with E-state index in [-0.39, 0.29) is 57.4 Å². The Kier molecular flexibility index (Phi) is 8.89. The van der Waals surface area contributed by atoms with E-state index in [0.717, 1.165) is 6.07 Å². The second kappa shape index (κ2) is 11.9. The van der Waals surface area contributed by atoms with Crippen LogP contribution in [0.15, 0.2) is 60.7 Å². The molecule has 0 saturated carbocycles. The van der Waals surface area contributed by atoms with E-state index in [9.17, 15) is 14.9 Å². The van der Waals surface area contributed by atoms with E-state index < -0.39 is 35.0 Å². The number of nitriles is 1. The molecule has 9 heteroatoms. The highest BCUT2D eigenvalue weighted by Crippen LogP contribution is 2.53. The number of aromatic carboxylic acids is 1. The molecule has 5 nitrogen and oxygen atoms in total. The van der Waals surface area contributed by atoms with Gasteiger partial charge in [0.1, 0.15) is 17.0 Å². The number of benzene rings is 3. The highest BCUT2D eigenvalue weighted by atomic mass is 35.5. The molecule has 1 aliphatic rings. The lowest BCUT2D eigenvalue weighted by Gasteiger charge is -2.39. The number of rotatable bonds is 8. The Morgan fingerprint density at radius 2 is 1.78 bits per heavy atom. The van der Waals surface area contributed by atoms with Gasteiger partial charge >= 0.3 is 5.97 Å². The SMILES string of the molecule is CC(C)(C)C[C@@H]1N(CC(=O)Cc2ccc(C(=O)O)cc2)C[C@H](c2cccc(Cl)c2F)[C@@]1(C#N)c1ccc(Cl)cc1F. The molecule has 3 aromatic rings. The number of carbonyl (C=O) groups is 2. The maximum atomic E-state index is 15.7. The van der Waals surface area contributed by atoms with Crippen molar-refractivity contribution in [1.29, 1.82) is 5.26 Å². The first-order valence-corrected chi connectivity index (χ1v) is 13.9. The lowest BCUT2D eigenvalue weighted by molar-refractivity contribution is -0.120. The van der Waals surface area contributed by atoms with Crippen LogP contribution >= 0.6 is 23.2 Å². The number of ketones is 1. The van der Waals surface area contributed by atoms with Crippen molar-refractivity contribution in [3.8, 4) is 6.07 Å². The van der Waals surface area contributed by atoms with Crippen LogP contribution in [0.1, 0.15) is 60.2 Å². The van der Waals surface area contributed by atoms with Gasteiger partial charge in [0, 0.05) is 35.5 Å². The largest absolute Gasteiger partial charge is 0.478 e. The molecule has 1 N–H and O–H groups in total. The summed E-state index contributed by atoms with van der Waals surface area (Å²) in [7, 11) is 0. The van der Waals surface area contributed by atoms with Crippen LogP contribution in [0, 0.1) is 28.4 Å². The van der Waals surface area contributed by atoms with E-state index in [2.05, 4.69) is 6.07 Å². The van der Waals surface area contributed by atoms with Crippen molar-refractivity contribution < 1.29 is 23.5 Å². The van der Waals surface area contributed by atoms with Crippen LogP contribution in [0.3, 0.4) is 0 Å². The summed E-state index contributed by atoms with van der Waals surface area (Å²) in [5, 5.41) is 20.1. The first kappa shape index (κ1) is 30.6. The first-order valence-electron chi connectivity index (χ1n) is 13.2. The maximum absolute atomic E-state index is 15.7. The van der Waals surface area contributed by atoms with Crippen LogP contribution in [-0.2, 0) is 16.6 Å². The Balaban J connectivity index is 1.82. The fraction of sp³-hybridized carbons (Fsp3) is 0.344. The van der Waals surface area contributed by atoms with Crippen molar-refractivity contribution in [3.63, 3.8) is 0 Å². The van der Waals surface area contributed by atoms with Gasteiger partial charge in [-0.15, -0.1) is 0 Å². The fourth-order valence-corrected chi connectivity index (χ4v) is 6.22. The van der Waals surface area contributed by atoms with E-state index in [0.29, 0.717) is 12.0 Å². The molecule has 0 amide bonds. The van der Waals surface area contributed by atoms with E-state index in [1.54, 1.807) is 24.3 Å². The number of hydrogen-bond acceptors (Lipinski definition) is 4. The molecule has 0 radical (unpaired) electrons. The predicted molar refractivity (Wildman–Crippen MR) is 154 cm³/mol. The smallest absolute Gasteiger partial charge is 0.335 e. The lowest BCUT2D eigenvalue weighted by atomic mass is 9.64. The van der Waals surface area contributed by atoms with Gasteiger partial charge in [0.15, 0.2) is 5.78 Å². The molecule has 1 heterocycles. The maximum Gasteiger partial charge on any atom is 0.335 e. The van der Waals surface area contributed by atoms with Crippen molar-refractivity contribution in [1.82, 2.24) is 4.90 Å². The summed E-state index contributed by atoms with van der Waals surface area (Å²) >= 11 is 12.2. The third kappa shape index (κ3) is 6.30. The van der Waals surface area contributed by atoms with Gasteiger partial charge in [0.05, 0.1) is 23.2 Å². The molecule has 4 rings (SSSR count). The van der Waals surface area contributed by atoms with Crippen LogP contribution < -0.4 is 0 Å². The number of hydrogen-bond donors (Lipinski definition) is 1. The van der Waals surface area contributed by atoms with Gasteiger partial charge in [-0.1, -0.05) is 74.3 Å². The molecule has 1 aliphatic heterocycles. The molecule has 0 aliphatic carbocycles. The van der Waals surface area contributed by atoms with Gasteiger partial charge < -0.3 is 5.11 Å². The minimum absolute atomic E-state index is 0.0314. The molecular weight excluding hydrogens is 569 g/mol. The van der Waals surface area contributed by atoms with E-state index in [1.165, 1.54) is 30.3 Å². The lowest BCUT2D eigenvalue weighted by Crippen LogP contribution is -2.47. The van der Waals surface area contributed by atoms with Crippen molar-refractivity contribution in [2.45, 2.75) is 51.0 Å². The molecular formula is C32H30Cl2F2N2O3. The number of carboxylic acid groups (broad SMARTS) is 1. The van der Waals surface area contributed by atoms with Gasteiger partial charge in [0.2, 0.25) is 0 Å². The molecule has 0 spiro atoms. The standard InChI is InChI=1S/C32H30Cl2F2N2O3/c1-31(2,3)15-28-32(18-37,24-12-11-21(33)14-27(24)35)25(23-5-4-6-26(34)29(23)36)17-38(28)16-22(39)13-19-7-9-20(10-8-19)30(40)41/h4-12,14,25,28H,13,15-17H2,1-3H3,(H,40,41)/t25-,28+,32-/m1/s1. The van der Waals surface area contributed by atoms with Gasteiger partial charge in [0.25, 0.3) is 0 Å². The summed E-state index contributed by atoms with van der Waals surface area (Å²) in [5.74, 6) is -3.46. The van der Waals surface area contributed by atoms with Crippen LogP contribution in [0.2, 0.25) is 10.0 Å². The Labute approximate surface area is 248 Å². The monoisotopic (exact) mass is 598 g/mol. The quantitative estimate of drug-likeness (QED) is 0.291. The normalized spacial score (nSPS) is 21.0. The highest BCUT2D eigenvalue weighted by Gasteiger charge is 2.58. The van der Waals surface area contributed by atoms with E-state index in [1.807, 2.05) is 25.7 Å². The Hall–Kier alpha value is -3.31. The molecule has 0 unspecified atom stereocenters. The molecule has 1 fully saturated rings. The minimum Gasteiger partial charge on any atom is -0.478 e. The average molecular weight is 600 g/mol. The number of likely N-dealkylation sites (tertiary alicyclic amines) is 1. The first-order chi connectivity index (χ1) is 19.3. The number of carbonyl (C=O) groups excluding carboxylic acids is 1. The summed E-state index contributed by atoms with van der Waals surface area (Å²) in [5.41, 5.74) is -0.906. The number of nitrogens with zero attached hydrogens (tertiary/aromatic N) is 2. The zero-order valence-electron chi connectivity index (χ0n) is 22.9. The zero-order chi connectivity index (χ0) is 30.1. The molecule has 3 atom stereocenters. The van der Waals surface area contributed by atoms with Crippen molar-refractivity contribution >= 4 is 35.0 Å². The third-order valence-electron chi connectivity index (χ3n) is 7.64. The van der Waals surface area contributed by atoms with Crippen LogP contribution in [0.4, 0.5) is 8.78 Å². The summed E-state index contributed by atoms with van der Waals surface area (Å²) in [4.78, 5) is 26.4. The van der Waals surface area contributed by atoms with Gasteiger partial charge in [-0.05, 0) is 53.3 Å². The summed E-state index contributed by atoms with van der Waals surface area (Å²) in [6.45, 7) is 6.01. The molecule has 0 aromatic heterocycles. The van der Waals surface area contributed by atoms with Crippen LogP contribution in [-0.4, -0.2) is 40.9 Å². The van der Waals surface area contributed by atoms with Gasteiger partial charge in [-0.2, -0.15) is 5.26 Å². The molecule has 41 heavy (non-hydrogen) atoms. The summed E-state index contributed by atoms with van der Waals surface area (Å²) < 4.78 is 31.3. The number of carboxylic acids is 1. The minimum atomic E-state index is -1.57. The van der Waals surface area contributed by atoms with Gasteiger partial charge in [-0.25, -0.2) is 13.6 Å². The Bertz CT molecular complexity index is 1510. The topological polar surface area (TPSA) is 81.4 Å². The number of Topliss-reactive ketones (excluding diaryl/α,β-unsaturated/α-hetero) is 1. The van der Waals surface area contributed by atoms with Crippen LogP contribution in [0.25, 0.3) is 0 Å². The Morgan fingerprint density at radius 1 is 1.10 bits per heavy atom. The molecule has 0 bridgehead atoms. The average Bonchev–Trinajstić information content (AvgIpc) is 3.17. The van der Waals surface area contributed by atoms with Crippen molar-refractivity contribution in [3.05, 3.63) is 105 Å². The van der Waals surface area contributed by atoms with Gasteiger partial charge in [-0.3, -0.25) is 9.69 Å². The van der Waals surface area contributed by atoms with Crippen molar-refractivity contribution in [2.75, 3.05) is 13.1 Å². The van der Waals surface area contributed by atoms with E-state index >= 15 is 8.78 Å². The molecule has 3 aromatic carbocycles. The Morgan fingerprint density at radius 3 is 2.37 bits per heavy atom. The predicted octanol–water partition coefficient (Wildman–Crippen LogP) is 7.45. The number of halogens is 4.